The lowest BCUT2D eigenvalue weighted by atomic mass is 10.2. The highest BCUT2D eigenvalue weighted by Crippen LogP contribution is 2.43. The summed E-state index contributed by atoms with van der Waals surface area (Å²) >= 11 is 0. The molecule has 0 aromatic heterocycles. The number of carboxylic acids is 1. The number of carbonyl (C=O) groups is 1. The summed E-state index contributed by atoms with van der Waals surface area (Å²) in [6, 6.07) is 0. The van der Waals surface area contributed by atoms with E-state index in [2.05, 4.69) is 6.58 Å². The zero-order valence-corrected chi connectivity index (χ0v) is 7.49. The van der Waals surface area contributed by atoms with Gasteiger partial charge in [0.25, 0.3) is 0 Å². The first kappa shape index (κ1) is 11.4. The summed E-state index contributed by atoms with van der Waals surface area (Å²) in [5.41, 5.74) is -1.17. The molecule has 0 rings (SSSR count). The topological polar surface area (TPSA) is 94.8 Å². The Morgan fingerprint density at radius 2 is 2.00 bits per heavy atom. The molecule has 3 N–H and O–H groups in total. The van der Waals surface area contributed by atoms with Crippen LogP contribution < -0.4 is 0 Å². The van der Waals surface area contributed by atoms with Crippen LogP contribution in [0.15, 0.2) is 12.2 Å². The molecule has 70 valence electrons. The Kier molecular flexibility index (Phi) is 3.64. The van der Waals surface area contributed by atoms with Gasteiger partial charge in [-0.25, -0.2) is 4.79 Å². The van der Waals surface area contributed by atoms with Crippen molar-refractivity contribution in [1.82, 2.24) is 0 Å². The smallest absolute Gasteiger partial charge is 0.330 e. The van der Waals surface area contributed by atoms with Crippen molar-refractivity contribution in [3.05, 3.63) is 12.2 Å². The van der Waals surface area contributed by atoms with E-state index in [0.29, 0.717) is 0 Å². The molecule has 0 fully saturated rings. The molecule has 0 aliphatic heterocycles. The zero-order chi connectivity index (χ0) is 9.94. The van der Waals surface area contributed by atoms with Crippen LogP contribution in [0.1, 0.15) is 13.3 Å². The fourth-order valence-corrected chi connectivity index (χ4v) is 1.02. The van der Waals surface area contributed by atoms with Crippen molar-refractivity contribution in [2.24, 2.45) is 0 Å². The minimum Gasteiger partial charge on any atom is -0.478 e. The lowest BCUT2D eigenvalue weighted by Crippen LogP contribution is -2.09. The van der Waals surface area contributed by atoms with Gasteiger partial charge < -0.3 is 14.9 Å². The maximum absolute atomic E-state index is 10.5. The Bertz CT molecular complexity index is 240. The van der Waals surface area contributed by atoms with Crippen LogP contribution in [0.5, 0.6) is 0 Å². The molecule has 0 saturated heterocycles. The standard InChI is InChI=1S/C6H11O5P/c1-4(6(7)8)3-5(2)12(9,10)11/h5H,1,3H2,2H3,(H,7,8)(H2,9,10,11). The molecule has 1 unspecified atom stereocenters. The largest absolute Gasteiger partial charge is 0.478 e. The SMILES string of the molecule is C=C(CC(C)P(=O)(O)O)C(=O)O. The molecule has 0 heterocycles. The Hall–Kier alpha value is -0.640. The highest BCUT2D eigenvalue weighted by atomic mass is 31.2. The molecular formula is C6H11O5P. The van der Waals surface area contributed by atoms with Crippen LogP contribution in [-0.4, -0.2) is 26.5 Å². The maximum Gasteiger partial charge on any atom is 0.330 e. The average molecular weight is 194 g/mol. The van der Waals surface area contributed by atoms with Gasteiger partial charge in [0, 0.05) is 5.57 Å². The van der Waals surface area contributed by atoms with Crippen molar-refractivity contribution in [2.75, 3.05) is 0 Å². The van der Waals surface area contributed by atoms with E-state index in [-0.39, 0.29) is 12.0 Å². The maximum atomic E-state index is 10.5. The van der Waals surface area contributed by atoms with E-state index in [0.717, 1.165) is 0 Å². The molecule has 0 spiro atoms. The van der Waals surface area contributed by atoms with Gasteiger partial charge in [0.1, 0.15) is 0 Å². The summed E-state index contributed by atoms with van der Waals surface area (Å²) in [5.74, 6) is -1.23. The average Bonchev–Trinajstić information content (AvgIpc) is 1.85. The second-order valence-electron chi connectivity index (χ2n) is 2.55. The third kappa shape index (κ3) is 3.67. The van der Waals surface area contributed by atoms with E-state index in [1.807, 2.05) is 0 Å². The van der Waals surface area contributed by atoms with Crippen molar-refractivity contribution < 1.29 is 24.3 Å². The fourth-order valence-electron chi connectivity index (χ4n) is 0.563. The van der Waals surface area contributed by atoms with E-state index < -0.39 is 19.2 Å². The molecule has 0 aliphatic rings. The normalized spacial score (nSPS) is 13.9. The van der Waals surface area contributed by atoms with Gasteiger partial charge in [-0.15, -0.1) is 0 Å². The van der Waals surface area contributed by atoms with E-state index >= 15 is 0 Å². The number of aliphatic carboxylic acids is 1. The van der Waals surface area contributed by atoms with E-state index in [4.69, 9.17) is 14.9 Å². The van der Waals surface area contributed by atoms with Gasteiger partial charge in [0.15, 0.2) is 0 Å². The van der Waals surface area contributed by atoms with Crippen LogP contribution in [0, 0.1) is 0 Å². The highest BCUT2D eigenvalue weighted by Gasteiger charge is 2.25. The van der Waals surface area contributed by atoms with Gasteiger partial charge in [0.05, 0.1) is 5.66 Å². The Balaban J connectivity index is 4.21. The molecule has 0 radical (unpaired) electrons. The van der Waals surface area contributed by atoms with Crippen LogP contribution in [0.2, 0.25) is 0 Å². The van der Waals surface area contributed by atoms with Gasteiger partial charge in [-0.3, -0.25) is 4.57 Å². The summed E-state index contributed by atoms with van der Waals surface area (Å²) in [6.07, 6.45) is -0.195. The molecule has 6 heteroatoms. The summed E-state index contributed by atoms with van der Waals surface area (Å²) < 4.78 is 10.5. The quantitative estimate of drug-likeness (QED) is 0.449. The van der Waals surface area contributed by atoms with Gasteiger partial charge in [-0.05, 0) is 6.42 Å². The van der Waals surface area contributed by atoms with Crippen LogP contribution in [0.4, 0.5) is 0 Å². The van der Waals surface area contributed by atoms with Crippen LogP contribution >= 0.6 is 7.60 Å². The summed E-state index contributed by atoms with van der Waals surface area (Å²) in [5, 5.41) is 8.34. The second kappa shape index (κ2) is 3.85. The summed E-state index contributed by atoms with van der Waals surface area (Å²) in [6.45, 7) is 4.45. The lowest BCUT2D eigenvalue weighted by molar-refractivity contribution is -0.132. The predicted octanol–water partition coefficient (Wildman–Crippen LogP) is 0.583. The van der Waals surface area contributed by atoms with Crippen molar-refractivity contribution in [3.8, 4) is 0 Å². The molecule has 12 heavy (non-hydrogen) atoms. The van der Waals surface area contributed by atoms with E-state index in [1.165, 1.54) is 6.92 Å². The molecule has 0 saturated carbocycles. The summed E-state index contributed by atoms with van der Waals surface area (Å²) in [7, 11) is -4.17. The minimum atomic E-state index is -4.17. The monoisotopic (exact) mass is 194 g/mol. The fraction of sp³-hybridized carbons (Fsp3) is 0.500. The van der Waals surface area contributed by atoms with Crippen molar-refractivity contribution in [1.29, 1.82) is 0 Å². The van der Waals surface area contributed by atoms with E-state index in [9.17, 15) is 9.36 Å². The Morgan fingerprint density at radius 3 is 2.25 bits per heavy atom. The predicted molar refractivity (Wildman–Crippen MR) is 42.9 cm³/mol. The molecule has 0 aromatic rings. The van der Waals surface area contributed by atoms with Gasteiger partial charge in [-0.2, -0.15) is 0 Å². The third-order valence-electron chi connectivity index (χ3n) is 1.42. The first-order valence-electron chi connectivity index (χ1n) is 3.21. The van der Waals surface area contributed by atoms with Crippen molar-refractivity contribution >= 4 is 13.6 Å². The van der Waals surface area contributed by atoms with Gasteiger partial charge >= 0.3 is 13.6 Å². The molecule has 0 bridgehead atoms. The van der Waals surface area contributed by atoms with Gasteiger partial charge in [-0.1, -0.05) is 13.5 Å². The second-order valence-corrected chi connectivity index (χ2v) is 4.61. The van der Waals surface area contributed by atoms with Crippen molar-refractivity contribution in [3.63, 3.8) is 0 Å². The molecule has 0 amide bonds. The van der Waals surface area contributed by atoms with Crippen molar-refractivity contribution in [2.45, 2.75) is 19.0 Å². The Labute approximate surface area is 69.9 Å². The Morgan fingerprint density at radius 1 is 1.58 bits per heavy atom. The first-order chi connectivity index (χ1) is 5.25. The lowest BCUT2D eigenvalue weighted by Gasteiger charge is -2.12. The number of hydrogen-bond donors (Lipinski definition) is 3. The highest BCUT2D eigenvalue weighted by molar-refractivity contribution is 7.52. The summed E-state index contributed by atoms with van der Waals surface area (Å²) in [4.78, 5) is 27.4. The van der Waals surface area contributed by atoms with Crippen LogP contribution in [0.3, 0.4) is 0 Å². The number of carboxylic acid groups (broad SMARTS) is 1. The van der Waals surface area contributed by atoms with Crippen LogP contribution in [0.25, 0.3) is 0 Å². The third-order valence-corrected chi connectivity index (χ3v) is 2.75. The van der Waals surface area contributed by atoms with Crippen LogP contribution in [-0.2, 0) is 9.36 Å². The molecule has 0 aliphatic carbocycles. The molecule has 0 aromatic carbocycles. The number of rotatable bonds is 4. The molecule has 1 atom stereocenters. The minimum absolute atomic E-state index is 0.189. The van der Waals surface area contributed by atoms with E-state index in [1.54, 1.807) is 0 Å². The first-order valence-corrected chi connectivity index (χ1v) is 4.89. The molecular weight excluding hydrogens is 183 g/mol. The zero-order valence-electron chi connectivity index (χ0n) is 6.60. The number of hydrogen-bond acceptors (Lipinski definition) is 2. The molecule has 5 nitrogen and oxygen atoms in total. The van der Waals surface area contributed by atoms with Gasteiger partial charge in [0.2, 0.25) is 0 Å².